The second-order valence-electron chi connectivity index (χ2n) is 11.4. The van der Waals surface area contributed by atoms with Crippen LogP contribution in [0.15, 0.2) is 36.5 Å². The monoisotopic (exact) mass is 700 g/mol. The summed E-state index contributed by atoms with van der Waals surface area (Å²) in [5.41, 5.74) is -1.66. The molecule has 1 aromatic heterocycles. The van der Waals surface area contributed by atoms with E-state index in [2.05, 4.69) is 20.9 Å². The lowest BCUT2D eigenvalue weighted by molar-refractivity contribution is -0.143. The number of methoxy groups -OCH3 is 2. The van der Waals surface area contributed by atoms with Crippen LogP contribution in [0.1, 0.15) is 40.0 Å². The standard InChI is InChI=1S/C30H44N4O11S2/c1-19-31-15-25(46-19)29(38)34-24(17-43-4)28(37)33-23(16-42-3)27(36)32-22(14-20-8-6-5-7-9-20)26(35)30(2,39)18-45-47(40,41)21-10-12-44-13-11-21/h5-9,15,21-24,28,33,37,39H,10-14,16-18H2,1-4H3,(H,32,36)(H,34,38). The van der Waals surface area contributed by atoms with Crippen molar-refractivity contribution in [1.82, 2.24) is 20.9 Å². The maximum Gasteiger partial charge on any atom is 0.270 e. The molecule has 5 unspecified atom stereocenters. The number of rotatable bonds is 19. The van der Waals surface area contributed by atoms with Crippen molar-refractivity contribution in [3.63, 3.8) is 0 Å². The van der Waals surface area contributed by atoms with E-state index >= 15 is 0 Å². The van der Waals surface area contributed by atoms with Gasteiger partial charge in [0.15, 0.2) is 5.78 Å². The molecule has 0 saturated carbocycles. The lowest BCUT2D eigenvalue weighted by Crippen LogP contribution is -2.61. The Morgan fingerprint density at radius 3 is 2.34 bits per heavy atom. The van der Waals surface area contributed by atoms with Crippen LogP contribution < -0.4 is 16.0 Å². The Morgan fingerprint density at radius 1 is 1.09 bits per heavy atom. The normalized spacial score (nSPS) is 18.0. The predicted molar refractivity (Wildman–Crippen MR) is 171 cm³/mol. The van der Waals surface area contributed by atoms with Gasteiger partial charge in [-0.2, -0.15) is 8.42 Å². The quantitative estimate of drug-likeness (QED) is 0.0942. The van der Waals surface area contributed by atoms with Gasteiger partial charge in [-0.25, -0.2) is 4.98 Å². The highest BCUT2D eigenvalue weighted by molar-refractivity contribution is 7.87. The number of aromatic nitrogens is 1. The number of aryl methyl sites for hydroxylation is 1. The van der Waals surface area contributed by atoms with E-state index in [9.17, 15) is 33.0 Å². The predicted octanol–water partition coefficient (Wildman–Crippen LogP) is -0.308. The number of carbonyl (C=O) groups excluding carboxylic acids is 3. The number of benzene rings is 1. The van der Waals surface area contributed by atoms with E-state index in [1.54, 1.807) is 37.3 Å². The van der Waals surface area contributed by atoms with Gasteiger partial charge in [0.05, 0.1) is 41.8 Å². The maximum atomic E-state index is 13.7. The molecule has 2 heterocycles. The van der Waals surface area contributed by atoms with Crippen LogP contribution in [0.25, 0.3) is 0 Å². The fourth-order valence-electron chi connectivity index (χ4n) is 4.82. The Morgan fingerprint density at radius 2 is 1.74 bits per heavy atom. The molecule has 0 bridgehead atoms. The number of Topliss-reactive ketones (excluding diaryl/α,β-unsaturated/α-hetero) is 1. The maximum absolute atomic E-state index is 13.7. The Balaban J connectivity index is 1.75. The number of nitrogens with one attached hydrogen (secondary N) is 3. The molecule has 47 heavy (non-hydrogen) atoms. The number of nitrogens with zero attached hydrogens (tertiary/aromatic N) is 1. The second-order valence-corrected chi connectivity index (χ2v) is 14.5. The van der Waals surface area contributed by atoms with E-state index in [0.717, 1.165) is 6.92 Å². The van der Waals surface area contributed by atoms with E-state index in [1.165, 1.54) is 31.8 Å². The number of aliphatic hydroxyl groups is 2. The summed E-state index contributed by atoms with van der Waals surface area (Å²) in [6.07, 6.45) is 0.307. The van der Waals surface area contributed by atoms with Crippen LogP contribution >= 0.6 is 11.3 Å². The topological polar surface area (TPSA) is 212 Å². The first-order valence-corrected chi connectivity index (χ1v) is 17.3. The molecule has 0 spiro atoms. The summed E-state index contributed by atoms with van der Waals surface area (Å²) >= 11 is 1.17. The molecule has 1 aliphatic rings. The van der Waals surface area contributed by atoms with Crippen LogP contribution in [-0.4, -0.2) is 124 Å². The molecule has 0 radical (unpaired) electrons. The van der Waals surface area contributed by atoms with Crippen molar-refractivity contribution in [1.29, 1.82) is 0 Å². The van der Waals surface area contributed by atoms with Crippen molar-refractivity contribution in [2.75, 3.05) is 47.3 Å². The summed E-state index contributed by atoms with van der Waals surface area (Å²) < 4.78 is 46.2. The summed E-state index contributed by atoms with van der Waals surface area (Å²) in [6, 6.07) is 5.13. The number of aliphatic hydroxyl groups excluding tert-OH is 1. The van der Waals surface area contributed by atoms with Gasteiger partial charge in [0.25, 0.3) is 16.0 Å². The van der Waals surface area contributed by atoms with Crippen LogP contribution in [0.5, 0.6) is 0 Å². The molecule has 1 fully saturated rings. The zero-order valence-corrected chi connectivity index (χ0v) is 28.5. The highest BCUT2D eigenvalue weighted by atomic mass is 32.2. The molecule has 5 atom stereocenters. The van der Waals surface area contributed by atoms with E-state index in [1.807, 2.05) is 0 Å². The largest absolute Gasteiger partial charge is 0.383 e. The summed E-state index contributed by atoms with van der Waals surface area (Å²) in [5.74, 6) is -2.16. The molecule has 1 aliphatic heterocycles. The minimum Gasteiger partial charge on any atom is -0.383 e. The smallest absolute Gasteiger partial charge is 0.270 e. The van der Waals surface area contributed by atoms with Gasteiger partial charge in [0.2, 0.25) is 5.91 Å². The number of carbonyl (C=O) groups is 3. The van der Waals surface area contributed by atoms with E-state index in [-0.39, 0.29) is 45.7 Å². The average molecular weight is 701 g/mol. The summed E-state index contributed by atoms with van der Waals surface area (Å²) in [5, 5.41) is 30.0. The molecule has 3 rings (SSSR count). The minimum atomic E-state index is -4.11. The van der Waals surface area contributed by atoms with Crippen LogP contribution in [0.2, 0.25) is 0 Å². The zero-order valence-electron chi connectivity index (χ0n) is 26.8. The Hall–Kier alpha value is -2.87. The van der Waals surface area contributed by atoms with Crippen molar-refractivity contribution in [2.24, 2.45) is 0 Å². The number of hydrogen-bond acceptors (Lipinski definition) is 14. The van der Waals surface area contributed by atoms with Gasteiger partial charge in [-0.1, -0.05) is 30.3 Å². The summed E-state index contributed by atoms with van der Waals surface area (Å²) in [7, 11) is -1.39. The third-order valence-electron chi connectivity index (χ3n) is 7.44. The third-order valence-corrected chi connectivity index (χ3v) is 10.1. The van der Waals surface area contributed by atoms with Crippen molar-refractivity contribution in [3.05, 3.63) is 52.0 Å². The van der Waals surface area contributed by atoms with Crippen LogP contribution in [-0.2, 0) is 44.5 Å². The van der Waals surface area contributed by atoms with Crippen molar-refractivity contribution < 1.29 is 51.4 Å². The highest BCUT2D eigenvalue weighted by Crippen LogP contribution is 2.21. The Labute approximate surface area is 278 Å². The Bertz CT molecular complexity index is 1420. The molecule has 262 valence electrons. The molecule has 17 heteroatoms. The molecule has 1 aromatic carbocycles. The van der Waals surface area contributed by atoms with Crippen LogP contribution in [0, 0.1) is 6.92 Å². The number of hydrogen-bond donors (Lipinski definition) is 5. The summed E-state index contributed by atoms with van der Waals surface area (Å²) in [6.45, 7) is 2.15. The number of thiazole rings is 1. The molecule has 5 N–H and O–H groups in total. The molecule has 2 amide bonds. The van der Waals surface area contributed by atoms with Crippen LogP contribution in [0.4, 0.5) is 0 Å². The van der Waals surface area contributed by atoms with E-state index in [4.69, 9.17) is 18.4 Å². The van der Waals surface area contributed by atoms with Gasteiger partial charge in [-0.05, 0) is 38.7 Å². The first kappa shape index (κ1) is 38.6. The van der Waals surface area contributed by atoms with Gasteiger partial charge in [0, 0.05) is 27.4 Å². The summed E-state index contributed by atoms with van der Waals surface area (Å²) in [4.78, 5) is 44.4. The number of ether oxygens (including phenoxy) is 3. The minimum absolute atomic E-state index is 0.0485. The molecule has 15 nitrogen and oxygen atoms in total. The molecule has 2 aromatic rings. The van der Waals surface area contributed by atoms with Crippen molar-refractivity contribution >= 4 is 39.1 Å². The Kier molecular flexibility index (Phi) is 14.8. The molecule has 0 aliphatic carbocycles. The van der Waals surface area contributed by atoms with Crippen LogP contribution in [0.3, 0.4) is 0 Å². The van der Waals surface area contributed by atoms with Gasteiger partial charge in [-0.3, -0.25) is 23.9 Å². The van der Waals surface area contributed by atoms with Gasteiger partial charge in [0.1, 0.15) is 29.4 Å². The lowest BCUT2D eigenvalue weighted by atomic mass is 9.91. The first-order valence-electron chi connectivity index (χ1n) is 15.0. The number of amides is 2. The number of ketones is 1. The SMILES string of the molecule is COCC(NC(O)C(COC)NC(=O)c1cnc(C)s1)C(=O)NC(Cc1ccccc1)C(=O)C(C)(O)COS(=O)(=O)C1CCOCC1. The second kappa shape index (κ2) is 18.0. The van der Waals surface area contributed by atoms with Gasteiger partial charge < -0.3 is 35.1 Å². The lowest BCUT2D eigenvalue weighted by Gasteiger charge is -2.31. The highest BCUT2D eigenvalue weighted by Gasteiger charge is 2.41. The fraction of sp³-hybridized carbons (Fsp3) is 0.600. The first-order chi connectivity index (χ1) is 22.3. The van der Waals surface area contributed by atoms with Gasteiger partial charge >= 0.3 is 0 Å². The van der Waals surface area contributed by atoms with E-state index < -0.39 is 69.5 Å². The van der Waals surface area contributed by atoms with Crippen molar-refractivity contribution in [2.45, 2.75) is 68.3 Å². The molecular weight excluding hydrogens is 656 g/mol. The third kappa shape index (κ3) is 11.7. The average Bonchev–Trinajstić information content (AvgIpc) is 3.50. The fourth-order valence-corrected chi connectivity index (χ4v) is 6.86. The molecule has 1 saturated heterocycles. The van der Waals surface area contributed by atoms with Crippen molar-refractivity contribution in [3.8, 4) is 0 Å². The zero-order chi connectivity index (χ0) is 34.6. The van der Waals surface area contributed by atoms with Gasteiger partial charge in [-0.15, -0.1) is 11.3 Å². The molecular formula is C30H44N4O11S2. The van der Waals surface area contributed by atoms with E-state index in [0.29, 0.717) is 15.4 Å².